The van der Waals surface area contributed by atoms with E-state index in [1.54, 1.807) is 25.1 Å². The zero-order valence-corrected chi connectivity index (χ0v) is 14.0. The van der Waals surface area contributed by atoms with Crippen molar-refractivity contribution < 1.29 is 14.3 Å². The van der Waals surface area contributed by atoms with Gasteiger partial charge in [-0.25, -0.2) is 0 Å². The van der Waals surface area contributed by atoms with Crippen LogP contribution < -0.4 is 0 Å². The highest BCUT2D eigenvalue weighted by atomic mass is 79.9. The van der Waals surface area contributed by atoms with Gasteiger partial charge in [-0.15, -0.1) is 0 Å². The van der Waals surface area contributed by atoms with Gasteiger partial charge >= 0.3 is 5.97 Å². The van der Waals surface area contributed by atoms with Crippen molar-refractivity contribution >= 4 is 39.4 Å². The summed E-state index contributed by atoms with van der Waals surface area (Å²) < 4.78 is 5.68. The number of carbonyl (C=O) groups excluding carboxylic acids is 2. The highest BCUT2D eigenvalue weighted by Gasteiger charge is 2.23. The molecular formula is C14H17BrClNO3. The summed E-state index contributed by atoms with van der Waals surface area (Å²) in [6, 6.07) is 4.89. The van der Waals surface area contributed by atoms with E-state index in [0.717, 1.165) is 4.47 Å². The second kappa shape index (κ2) is 7.64. The van der Waals surface area contributed by atoms with Crippen molar-refractivity contribution in [2.24, 2.45) is 0 Å². The summed E-state index contributed by atoms with van der Waals surface area (Å²) in [7, 11) is 0. The van der Waals surface area contributed by atoms with Crippen LogP contribution in [0.15, 0.2) is 22.7 Å². The molecule has 0 aliphatic rings. The Bertz CT molecular complexity index is 505. The van der Waals surface area contributed by atoms with E-state index < -0.39 is 5.97 Å². The SMILES string of the molecule is CCOC(=O)CN(C(=O)c1ccc(Br)cc1Cl)C(C)C. The summed E-state index contributed by atoms with van der Waals surface area (Å²) >= 11 is 9.37. The Morgan fingerprint density at radius 1 is 1.40 bits per heavy atom. The standard InChI is InChI=1S/C14H17BrClNO3/c1-4-20-13(18)8-17(9(2)3)14(19)11-6-5-10(15)7-12(11)16/h5-7,9H,4,8H2,1-3H3. The van der Waals surface area contributed by atoms with E-state index in [1.807, 2.05) is 13.8 Å². The smallest absolute Gasteiger partial charge is 0.325 e. The summed E-state index contributed by atoms with van der Waals surface area (Å²) in [5.41, 5.74) is 0.368. The number of hydrogen-bond donors (Lipinski definition) is 0. The Balaban J connectivity index is 2.96. The highest BCUT2D eigenvalue weighted by molar-refractivity contribution is 9.10. The molecule has 0 bridgehead atoms. The van der Waals surface area contributed by atoms with E-state index in [-0.39, 0.29) is 25.1 Å². The molecule has 20 heavy (non-hydrogen) atoms. The molecule has 0 heterocycles. The number of rotatable bonds is 5. The average molecular weight is 363 g/mol. The third kappa shape index (κ3) is 4.49. The van der Waals surface area contributed by atoms with Gasteiger partial charge in [-0.3, -0.25) is 9.59 Å². The molecule has 0 unspecified atom stereocenters. The maximum atomic E-state index is 12.5. The Kier molecular flexibility index (Phi) is 6.49. The van der Waals surface area contributed by atoms with Gasteiger partial charge in [0.05, 0.1) is 17.2 Å². The fourth-order valence-electron chi connectivity index (χ4n) is 1.65. The monoisotopic (exact) mass is 361 g/mol. The van der Waals surface area contributed by atoms with Gasteiger partial charge in [0, 0.05) is 10.5 Å². The number of carbonyl (C=O) groups is 2. The first kappa shape index (κ1) is 17.0. The predicted octanol–water partition coefficient (Wildman–Crippen LogP) is 3.52. The summed E-state index contributed by atoms with van der Waals surface area (Å²) in [6.45, 7) is 5.60. The maximum absolute atomic E-state index is 12.5. The molecule has 6 heteroatoms. The second-order valence-corrected chi connectivity index (χ2v) is 5.78. The molecular weight excluding hydrogens is 346 g/mol. The van der Waals surface area contributed by atoms with E-state index in [0.29, 0.717) is 10.6 Å². The molecule has 1 aromatic rings. The molecule has 0 radical (unpaired) electrons. The molecule has 0 atom stereocenters. The first-order chi connectivity index (χ1) is 9.36. The van der Waals surface area contributed by atoms with Crippen molar-refractivity contribution in [3.05, 3.63) is 33.3 Å². The summed E-state index contributed by atoms with van der Waals surface area (Å²) in [6.07, 6.45) is 0. The number of nitrogens with zero attached hydrogens (tertiary/aromatic N) is 1. The minimum atomic E-state index is -0.428. The Labute approximate surface area is 132 Å². The molecule has 1 amide bonds. The van der Waals surface area contributed by atoms with Gasteiger partial charge in [-0.05, 0) is 39.0 Å². The Hall–Kier alpha value is -1.07. The minimum absolute atomic E-state index is 0.0866. The minimum Gasteiger partial charge on any atom is -0.465 e. The molecule has 0 aliphatic heterocycles. The third-order valence-corrected chi connectivity index (χ3v) is 3.46. The van der Waals surface area contributed by atoms with E-state index in [4.69, 9.17) is 16.3 Å². The number of halogens is 2. The van der Waals surface area contributed by atoms with Crippen LogP contribution in [0.2, 0.25) is 5.02 Å². The van der Waals surface area contributed by atoms with Crippen LogP contribution in [-0.2, 0) is 9.53 Å². The number of amides is 1. The molecule has 1 rings (SSSR count). The van der Waals surface area contributed by atoms with E-state index in [9.17, 15) is 9.59 Å². The quantitative estimate of drug-likeness (QED) is 0.753. The van der Waals surface area contributed by atoms with Crippen molar-refractivity contribution in [2.75, 3.05) is 13.2 Å². The lowest BCUT2D eigenvalue weighted by molar-refractivity contribution is -0.144. The first-order valence-electron chi connectivity index (χ1n) is 6.28. The molecule has 0 saturated heterocycles. The Morgan fingerprint density at radius 3 is 2.55 bits per heavy atom. The molecule has 0 spiro atoms. The van der Waals surface area contributed by atoms with Crippen molar-refractivity contribution in [3.8, 4) is 0 Å². The molecule has 1 aromatic carbocycles. The van der Waals surface area contributed by atoms with Crippen LogP contribution in [0.3, 0.4) is 0 Å². The lowest BCUT2D eigenvalue weighted by Gasteiger charge is -2.26. The van der Waals surface area contributed by atoms with Gasteiger partial charge in [-0.1, -0.05) is 27.5 Å². The van der Waals surface area contributed by atoms with Crippen LogP contribution in [0.1, 0.15) is 31.1 Å². The fraction of sp³-hybridized carbons (Fsp3) is 0.429. The van der Waals surface area contributed by atoms with Crippen LogP contribution in [0.5, 0.6) is 0 Å². The van der Waals surface area contributed by atoms with Gasteiger partial charge in [0.25, 0.3) is 5.91 Å². The molecule has 0 aliphatic carbocycles. The number of benzene rings is 1. The van der Waals surface area contributed by atoms with Crippen LogP contribution >= 0.6 is 27.5 Å². The lowest BCUT2D eigenvalue weighted by atomic mass is 10.1. The zero-order chi connectivity index (χ0) is 15.3. The van der Waals surface area contributed by atoms with Gasteiger partial charge in [0.15, 0.2) is 0 Å². The molecule has 0 fully saturated rings. The second-order valence-electron chi connectivity index (χ2n) is 4.46. The van der Waals surface area contributed by atoms with Crippen LogP contribution in [0.25, 0.3) is 0 Å². The van der Waals surface area contributed by atoms with E-state index in [1.165, 1.54) is 4.90 Å². The maximum Gasteiger partial charge on any atom is 0.325 e. The van der Waals surface area contributed by atoms with Crippen LogP contribution in [-0.4, -0.2) is 36.0 Å². The van der Waals surface area contributed by atoms with Gasteiger partial charge < -0.3 is 9.64 Å². The molecule has 0 N–H and O–H groups in total. The van der Waals surface area contributed by atoms with Crippen molar-refractivity contribution in [2.45, 2.75) is 26.8 Å². The van der Waals surface area contributed by atoms with Crippen molar-refractivity contribution in [1.29, 1.82) is 0 Å². The topological polar surface area (TPSA) is 46.6 Å². The van der Waals surface area contributed by atoms with Gasteiger partial charge in [0.1, 0.15) is 6.54 Å². The Morgan fingerprint density at radius 2 is 2.05 bits per heavy atom. The summed E-state index contributed by atoms with van der Waals surface area (Å²) in [5, 5.41) is 0.346. The van der Waals surface area contributed by atoms with Gasteiger partial charge in [0.2, 0.25) is 0 Å². The predicted molar refractivity (Wildman–Crippen MR) is 82.0 cm³/mol. The van der Waals surface area contributed by atoms with Crippen LogP contribution in [0.4, 0.5) is 0 Å². The van der Waals surface area contributed by atoms with Crippen molar-refractivity contribution in [3.63, 3.8) is 0 Å². The molecule has 110 valence electrons. The fourth-order valence-corrected chi connectivity index (χ4v) is 2.41. The molecule has 4 nitrogen and oxygen atoms in total. The summed E-state index contributed by atoms with van der Waals surface area (Å²) in [4.78, 5) is 25.5. The average Bonchev–Trinajstić information content (AvgIpc) is 2.35. The molecule has 0 aromatic heterocycles. The largest absolute Gasteiger partial charge is 0.465 e. The van der Waals surface area contributed by atoms with Crippen molar-refractivity contribution in [1.82, 2.24) is 4.90 Å². The number of esters is 1. The first-order valence-corrected chi connectivity index (χ1v) is 7.45. The van der Waals surface area contributed by atoms with E-state index >= 15 is 0 Å². The van der Waals surface area contributed by atoms with E-state index in [2.05, 4.69) is 15.9 Å². The highest BCUT2D eigenvalue weighted by Crippen LogP contribution is 2.23. The lowest BCUT2D eigenvalue weighted by Crippen LogP contribution is -2.41. The van der Waals surface area contributed by atoms with Gasteiger partial charge in [-0.2, -0.15) is 0 Å². The number of ether oxygens (including phenoxy) is 1. The van der Waals surface area contributed by atoms with Crippen LogP contribution in [0, 0.1) is 0 Å². The summed E-state index contributed by atoms with van der Waals surface area (Å²) in [5.74, 6) is -0.715. The normalized spacial score (nSPS) is 10.5. The number of hydrogen-bond acceptors (Lipinski definition) is 3. The molecule has 0 saturated carbocycles. The zero-order valence-electron chi connectivity index (χ0n) is 11.7. The third-order valence-electron chi connectivity index (χ3n) is 2.65.